The van der Waals surface area contributed by atoms with E-state index in [1.165, 1.54) is 11.5 Å². The molecule has 0 aliphatic heterocycles. The minimum atomic E-state index is 0.0650. The van der Waals surface area contributed by atoms with Crippen molar-refractivity contribution in [2.75, 3.05) is 14.1 Å². The summed E-state index contributed by atoms with van der Waals surface area (Å²) >= 11 is 1.24. The smallest absolute Gasteiger partial charge is 0.218 e. The van der Waals surface area contributed by atoms with Gasteiger partial charge in [0.25, 0.3) is 0 Å². The molecule has 26 heavy (non-hydrogen) atoms. The lowest BCUT2D eigenvalue weighted by Crippen LogP contribution is -2.10. The number of nitriles is 1. The van der Waals surface area contributed by atoms with Crippen molar-refractivity contribution in [2.45, 2.75) is 41.0 Å². The number of aromatic nitrogens is 1. The second-order valence-corrected chi connectivity index (χ2v) is 8.59. The zero-order valence-electron chi connectivity index (χ0n) is 16.5. The highest BCUT2D eigenvalue weighted by atomic mass is 32.1. The van der Waals surface area contributed by atoms with Gasteiger partial charge in [0.2, 0.25) is 5.06 Å². The summed E-state index contributed by atoms with van der Waals surface area (Å²) in [4.78, 5) is 6.37. The van der Waals surface area contributed by atoms with E-state index in [0.29, 0.717) is 10.6 Å². The van der Waals surface area contributed by atoms with Crippen LogP contribution < -0.4 is 4.74 Å². The molecule has 0 N–H and O–H groups in total. The molecule has 0 amide bonds. The molecule has 0 aliphatic rings. The van der Waals surface area contributed by atoms with E-state index in [9.17, 15) is 5.26 Å². The molecule has 0 saturated carbocycles. The number of benzene rings is 1. The lowest BCUT2D eigenvalue weighted by molar-refractivity contribution is 0.406. The monoisotopic (exact) mass is 370 g/mol. The van der Waals surface area contributed by atoms with Gasteiger partial charge < -0.3 is 9.64 Å². The van der Waals surface area contributed by atoms with E-state index >= 15 is 0 Å². The van der Waals surface area contributed by atoms with Gasteiger partial charge in [-0.1, -0.05) is 20.8 Å². The van der Waals surface area contributed by atoms with E-state index in [0.717, 1.165) is 34.7 Å². The lowest BCUT2D eigenvalue weighted by Gasteiger charge is -2.16. The molecule has 2 rings (SSSR count). The molecule has 0 aliphatic carbocycles. The van der Waals surface area contributed by atoms with E-state index in [2.05, 4.69) is 36.2 Å². The van der Waals surface area contributed by atoms with Gasteiger partial charge in [-0.3, -0.25) is 0 Å². The van der Waals surface area contributed by atoms with E-state index in [-0.39, 0.29) is 5.41 Å². The summed E-state index contributed by atoms with van der Waals surface area (Å²) in [6.45, 7) is 10.4. The van der Waals surface area contributed by atoms with Crippen molar-refractivity contribution >= 4 is 23.6 Å². The van der Waals surface area contributed by atoms with Crippen molar-refractivity contribution in [3.05, 3.63) is 34.5 Å². The number of hydrogen-bond donors (Lipinski definition) is 0. The Morgan fingerprint density at radius 2 is 1.96 bits per heavy atom. The van der Waals surface area contributed by atoms with Crippen LogP contribution in [0.4, 0.5) is 5.69 Å². The van der Waals surface area contributed by atoms with Crippen LogP contribution in [0.15, 0.2) is 17.1 Å². The van der Waals surface area contributed by atoms with E-state index in [1.807, 2.05) is 45.0 Å². The summed E-state index contributed by atoms with van der Waals surface area (Å²) in [5.41, 5.74) is 4.30. The van der Waals surface area contributed by atoms with Crippen molar-refractivity contribution in [2.24, 2.45) is 10.4 Å². The van der Waals surface area contributed by atoms with Crippen LogP contribution in [0, 0.1) is 30.6 Å². The van der Waals surface area contributed by atoms with E-state index in [1.54, 1.807) is 6.34 Å². The van der Waals surface area contributed by atoms with Crippen LogP contribution in [0.5, 0.6) is 10.8 Å². The fourth-order valence-corrected chi connectivity index (χ4v) is 3.14. The Morgan fingerprint density at radius 3 is 2.54 bits per heavy atom. The maximum absolute atomic E-state index is 9.57. The Morgan fingerprint density at radius 1 is 1.27 bits per heavy atom. The molecule has 6 heteroatoms. The maximum atomic E-state index is 9.57. The molecule has 0 fully saturated rings. The molecule has 1 aromatic carbocycles. The SMILES string of the molecule is Cc1cc(Oc2snc(CC(C)(C)C)c2C#N)c(C)cc1/N=C\N(C)C. The van der Waals surface area contributed by atoms with Crippen LogP contribution in [0.2, 0.25) is 0 Å². The average molecular weight is 371 g/mol. The zero-order chi connectivity index (χ0) is 19.5. The van der Waals surface area contributed by atoms with Gasteiger partial charge in [0.1, 0.15) is 17.4 Å². The Kier molecular flexibility index (Phi) is 6.04. The van der Waals surface area contributed by atoms with Crippen molar-refractivity contribution < 1.29 is 4.74 Å². The lowest BCUT2D eigenvalue weighted by atomic mass is 9.89. The average Bonchev–Trinajstić information content (AvgIpc) is 2.88. The van der Waals surface area contributed by atoms with Crippen LogP contribution in [-0.4, -0.2) is 29.7 Å². The van der Waals surface area contributed by atoms with Crippen LogP contribution in [0.3, 0.4) is 0 Å². The topological polar surface area (TPSA) is 61.5 Å². The highest BCUT2D eigenvalue weighted by molar-refractivity contribution is 7.08. The van der Waals surface area contributed by atoms with Gasteiger partial charge in [0, 0.05) is 25.6 Å². The van der Waals surface area contributed by atoms with Gasteiger partial charge in [0.15, 0.2) is 0 Å². The summed E-state index contributed by atoms with van der Waals surface area (Å²) in [6, 6.07) is 6.21. The first-order chi connectivity index (χ1) is 12.1. The molecule has 5 nitrogen and oxygen atoms in total. The molecule has 0 radical (unpaired) electrons. The predicted molar refractivity (Wildman–Crippen MR) is 108 cm³/mol. The third-order valence-corrected chi connectivity index (χ3v) is 4.43. The Labute approximate surface area is 160 Å². The number of ether oxygens (including phenoxy) is 1. The van der Waals surface area contributed by atoms with Gasteiger partial charge in [-0.2, -0.15) is 9.64 Å². The van der Waals surface area contributed by atoms with Gasteiger partial charge in [-0.05, 0) is 48.9 Å². The Hall–Kier alpha value is -2.39. The van der Waals surface area contributed by atoms with Crippen LogP contribution in [0.1, 0.15) is 43.2 Å². The van der Waals surface area contributed by atoms with Gasteiger partial charge >= 0.3 is 0 Å². The van der Waals surface area contributed by atoms with E-state index < -0.39 is 0 Å². The number of rotatable bonds is 5. The van der Waals surface area contributed by atoms with Crippen LogP contribution in [-0.2, 0) is 6.42 Å². The molecule has 0 saturated heterocycles. The second-order valence-electron chi connectivity index (χ2n) is 7.86. The molecule has 2 aromatic rings. The van der Waals surface area contributed by atoms with Crippen molar-refractivity contribution in [3.63, 3.8) is 0 Å². The minimum Gasteiger partial charge on any atom is -0.443 e. The molecule has 1 heterocycles. The first-order valence-corrected chi connectivity index (χ1v) is 9.26. The fraction of sp³-hybridized carbons (Fsp3) is 0.450. The maximum Gasteiger partial charge on any atom is 0.218 e. The summed E-state index contributed by atoms with van der Waals surface area (Å²) < 4.78 is 10.5. The van der Waals surface area contributed by atoms with Crippen molar-refractivity contribution in [1.29, 1.82) is 5.26 Å². The largest absolute Gasteiger partial charge is 0.443 e. The first kappa shape index (κ1) is 19.9. The van der Waals surface area contributed by atoms with Gasteiger partial charge in [-0.15, -0.1) is 0 Å². The third kappa shape index (κ3) is 5.06. The van der Waals surface area contributed by atoms with Crippen LogP contribution >= 0.6 is 11.5 Å². The molecule has 0 spiro atoms. The molecule has 0 unspecified atom stereocenters. The number of aliphatic imine (C=N–C) groups is 1. The van der Waals surface area contributed by atoms with Crippen molar-refractivity contribution in [1.82, 2.24) is 9.27 Å². The number of nitrogens with zero attached hydrogens (tertiary/aromatic N) is 4. The normalized spacial score (nSPS) is 11.6. The summed E-state index contributed by atoms with van der Waals surface area (Å²) in [7, 11) is 3.87. The van der Waals surface area contributed by atoms with Crippen molar-refractivity contribution in [3.8, 4) is 16.9 Å². The highest BCUT2D eigenvalue weighted by Crippen LogP contribution is 2.37. The summed E-state index contributed by atoms with van der Waals surface area (Å²) in [5.74, 6) is 0.730. The standard InChI is InChI=1S/C20H26N4OS/c1-13-9-18(14(2)8-16(13)22-12-24(6)7)25-19-15(11-21)17(23-26-19)10-20(3,4)5/h8-9,12H,10H2,1-7H3/b22-12-. The number of hydrogen-bond acceptors (Lipinski definition) is 5. The predicted octanol–water partition coefficient (Wildman–Crippen LogP) is 5.23. The Balaban J connectivity index is 2.32. The molecule has 138 valence electrons. The molecular formula is C20H26N4OS. The van der Waals surface area contributed by atoms with Crippen LogP contribution in [0.25, 0.3) is 0 Å². The number of aryl methyl sites for hydroxylation is 2. The first-order valence-electron chi connectivity index (χ1n) is 8.49. The summed E-state index contributed by atoms with van der Waals surface area (Å²) in [5, 5.41) is 10.1. The van der Waals surface area contributed by atoms with Gasteiger partial charge in [0.05, 0.1) is 17.7 Å². The summed E-state index contributed by atoms with van der Waals surface area (Å²) in [6.07, 6.45) is 2.52. The van der Waals surface area contributed by atoms with E-state index in [4.69, 9.17) is 4.74 Å². The minimum absolute atomic E-state index is 0.0650. The third-order valence-electron chi connectivity index (χ3n) is 3.66. The highest BCUT2D eigenvalue weighted by Gasteiger charge is 2.21. The molecular weight excluding hydrogens is 344 g/mol. The zero-order valence-corrected chi connectivity index (χ0v) is 17.4. The molecule has 0 bridgehead atoms. The fourth-order valence-electron chi connectivity index (χ4n) is 2.41. The molecule has 1 aromatic heterocycles. The quantitative estimate of drug-likeness (QED) is 0.534. The van der Waals surface area contributed by atoms with Gasteiger partial charge in [-0.25, -0.2) is 4.99 Å². The Bertz CT molecular complexity index is 854. The second kappa shape index (κ2) is 7.88. The molecule has 0 atom stereocenters.